The molecule has 1 aromatic carbocycles. The van der Waals surface area contributed by atoms with Crippen LogP contribution in [0.15, 0.2) is 43.0 Å². The monoisotopic (exact) mass is 255 g/mol. The molecule has 1 amide bonds. The highest BCUT2D eigenvalue weighted by Gasteiger charge is 2.30. The Bertz CT molecular complexity index is 464. The number of amides is 1. The van der Waals surface area contributed by atoms with Crippen LogP contribution < -0.4 is 5.32 Å². The summed E-state index contributed by atoms with van der Waals surface area (Å²) in [6.45, 7) is 3.74. The number of carbonyl (C=O) groups is 1. The van der Waals surface area contributed by atoms with Gasteiger partial charge < -0.3 is 5.32 Å². The van der Waals surface area contributed by atoms with E-state index in [-0.39, 0.29) is 5.91 Å². The number of alkyl halides is 3. The van der Waals surface area contributed by atoms with Gasteiger partial charge in [-0.1, -0.05) is 18.2 Å². The number of halogens is 3. The van der Waals surface area contributed by atoms with Gasteiger partial charge in [0.05, 0.1) is 5.56 Å². The van der Waals surface area contributed by atoms with E-state index in [1.807, 2.05) is 0 Å². The lowest BCUT2D eigenvalue weighted by Gasteiger charge is -2.06. The van der Waals surface area contributed by atoms with Gasteiger partial charge in [-0.3, -0.25) is 4.79 Å². The highest BCUT2D eigenvalue weighted by atomic mass is 19.4. The molecule has 0 bridgehead atoms. The molecule has 0 saturated heterocycles. The summed E-state index contributed by atoms with van der Waals surface area (Å²) in [5.74, 6) is -0.382. The predicted octanol–water partition coefficient (Wildman–Crippen LogP) is 3.02. The van der Waals surface area contributed by atoms with Gasteiger partial charge in [0.1, 0.15) is 0 Å². The Balaban J connectivity index is 2.76. The molecule has 0 aliphatic carbocycles. The van der Waals surface area contributed by atoms with Crippen molar-refractivity contribution in [1.82, 2.24) is 5.32 Å². The van der Waals surface area contributed by atoms with E-state index in [1.165, 1.54) is 30.4 Å². The molecule has 0 heterocycles. The van der Waals surface area contributed by atoms with Crippen LogP contribution in [-0.2, 0) is 11.0 Å². The molecule has 1 N–H and O–H groups in total. The van der Waals surface area contributed by atoms with Crippen molar-refractivity contribution in [2.45, 2.75) is 6.18 Å². The molecule has 1 rings (SSSR count). The second-order valence-electron chi connectivity index (χ2n) is 3.49. The fourth-order valence-corrected chi connectivity index (χ4v) is 1.22. The standard InChI is InChI=1S/C13H12F3NO/c1-2-8-17-12(18)7-6-10-4-3-5-11(9-10)13(14,15)16/h2-7,9H,1,8H2,(H,17,18)/b7-6+. The Hall–Kier alpha value is -2.04. The summed E-state index contributed by atoms with van der Waals surface area (Å²) in [6, 6.07) is 4.75. The molecule has 2 nitrogen and oxygen atoms in total. The van der Waals surface area contributed by atoms with Crippen molar-refractivity contribution in [2.24, 2.45) is 0 Å². The molecular weight excluding hydrogens is 243 g/mol. The molecule has 96 valence electrons. The Morgan fingerprint density at radius 1 is 1.39 bits per heavy atom. The summed E-state index contributed by atoms with van der Waals surface area (Å²) in [7, 11) is 0. The first-order valence-electron chi connectivity index (χ1n) is 5.17. The highest BCUT2D eigenvalue weighted by Crippen LogP contribution is 2.29. The van der Waals surface area contributed by atoms with Gasteiger partial charge in [0.25, 0.3) is 0 Å². The third kappa shape index (κ3) is 4.45. The fraction of sp³-hybridized carbons (Fsp3) is 0.154. The molecule has 0 radical (unpaired) electrons. The molecular formula is C13H12F3NO. The van der Waals surface area contributed by atoms with Crippen LogP contribution in [0.1, 0.15) is 11.1 Å². The molecule has 18 heavy (non-hydrogen) atoms. The maximum atomic E-state index is 12.4. The summed E-state index contributed by atoms with van der Waals surface area (Å²) in [4.78, 5) is 11.2. The zero-order chi connectivity index (χ0) is 13.6. The summed E-state index contributed by atoms with van der Waals surface area (Å²) in [5.41, 5.74) is -0.422. The van der Waals surface area contributed by atoms with Crippen LogP contribution in [0.4, 0.5) is 13.2 Å². The number of hydrogen-bond donors (Lipinski definition) is 1. The van der Waals surface area contributed by atoms with Gasteiger partial charge in [-0.25, -0.2) is 0 Å². The smallest absolute Gasteiger partial charge is 0.349 e. The van der Waals surface area contributed by atoms with E-state index in [1.54, 1.807) is 0 Å². The molecule has 0 atom stereocenters. The molecule has 0 aliphatic heterocycles. The molecule has 0 spiro atoms. The molecule has 0 unspecified atom stereocenters. The van der Waals surface area contributed by atoms with Crippen LogP contribution >= 0.6 is 0 Å². The van der Waals surface area contributed by atoms with E-state index in [2.05, 4.69) is 11.9 Å². The molecule has 5 heteroatoms. The number of benzene rings is 1. The minimum Gasteiger partial charge on any atom is -0.349 e. The van der Waals surface area contributed by atoms with E-state index < -0.39 is 11.7 Å². The fourth-order valence-electron chi connectivity index (χ4n) is 1.22. The Labute approximate surface area is 103 Å². The van der Waals surface area contributed by atoms with Crippen LogP contribution in [0.3, 0.4) is 0 Å². The second-order valence-corrected chi connectivity index (χ2v) is 3.49. The Kier molecular flexibility index (Phi) is 4.71. The lowest BCUT2D eigenvalue weighted by atomic mass is 10.1. The molecule has 0 fully saturated rings. The molecule has 1 aromatic rings. The van der Waals surface area contributed by atoms with Crippen molar-refractivity contribution < 1.29 is 18.0 Å². The van der Waals surface area contributed by atoms with Gasteiger partial charge in [0.15, 0.2) is 0 Å². The predicted molar refractivity (Wildman–Crippen MR) is 63.7 cm³/mol. The zero-order valence-electron chi connectivity index (χ0n) is 9.50. The summed E-state index contributed by atoms with van der Waals surface area (Å²) in [6.07, 6.45) is -0.363. The van der Waals surface area contributed by atoms with Crippen LogP contribution in [0.5, 0.6) is 0 Å². The average molecular weight is 255 g/mol. The SMILES string of the molecule is C=CCNC(=O)/C=C/c1cccc(C(F)(F)F)c1. The topological polar surface area (TPSA) is 29.1 Å². The zero-order valence-corrected chi connectivity index (χ0v) is 9.50. The second kappa shape index (κ2) is 6.05. The van der Waals surface area contributed by atoms with Gasteiger partial charge >= 0.3 is 6.18 Å². The van der Waals surface area contributed by atoms with Crippen LogP contribution in [-0.4, -0.2) is 12.5 Å². The van der Waals surface area contributed by atoms with Crippen LogP contribution in [0.2, 0.25) is 0 Å². The minimum atomic E-state index is -4.38. The van der Waals surface area contributed by atoms with Crippen molar-refractivity contribution in [3.63, 3.8) is 0 Å². The van der Waals surface area contributed by atoms with Gasteiger partial charge in [-0.15, -0.1) is 6.58 Å². The lowest BCUT2D eigenvalue weighted by Crippen LogP contribution is -2.20. The number of carbonyl (C=O) groups excluding carboxylic acids is 1. The summed E-state index contributed by atoms with van der Waals surface area (Å²) in [5, 5.41) is 2.48. The number of nitrogens with one attached hydrogen (secondary N) is 1. The van der Waals surface area contributed by atoms with E-state index in [0.717, 1.165) is 12.1 Å². The van der Waals surface area contributed by atoms with Crippen LogP contribution in [0, 0.1) is 0 Å². The lowest BCUT2D eigenvalue weighted by molar-refractivity contribution is -0.137. The molecule has 0 aromatic heterocycles. The number of hydrogen-bond acceptors (Lipinski definition) is 1. The van der Waals surface area contributed by atoms with Gasteiger partial charge in [0, 0.05) is 12.6 Å². The minimum absolute atomic E-state index is 0.311. The number of rotatable bonds is 4. The maximum absolute atomic E-state index is 12.4. The first-order chi connectivity index (χ1) is 8.43. The quantitative estimate of drug-likeness (QED) is 0.650. The van der Waals surface area contributed by atoms with Gasteiger partial charge in [0.2, 0.25) is 5.91 Å². The normalized spacial score (nSPS) is 11.5. The third-order valence-corrected chi connectivity index (χ3v) is 2.06. The van der Waals surface area contributed by atoms with E-state index in [0.29, 0.717) is 12.1 Å². The van der Waals surface area contributed by atoms with Gasteiger partial charge in [-0.05, 0) is 23.8 Å². The largest absolute Gasteiger partial charge is 0.416 e. The van der Waals surface area contributed by atoms with Crippen LogP contribution in [0.25, 0.3) is 6.08 Å². The van der Waals surface area contributed by atoms with Crippen molar-refractivity contribution in [3.8, 4) is 0 Å². The van der Waals surface area contributed by atoms with E-state index in [9.17, 15) is 18.0 Å². The van der Waals surface area contributed by atoms with E-state index >= 15 is 0 Å². The van der Waals surface area contributed by atoms with E-state index in [4.69, 9.17) is 0 Å². The average Bonchev–Trinajstić information content (AvgIpc) is 2.33. The maximum Gasteiger partial charge on any atom is 0.416 e. The first-order valence-corrected chi connectivity index (χ1v) is 5.17. The first kappa shape index (κ1) is 14.0. The summed E-state index contributed by atoms with van der Waals surface area (Å²) < 4.78 is 37.3. The van der Waals surface area contributed by atoms with Crippen molar-refractivity contribution in [2.75, 3.05) is 6.54 Å². The Morgan fingerprint density at radius 3 is 2.72 bits per heavy atom. The Morgan fingerprint density at radius 2 is 2.11 bits per heavy atom. The summed E-state index contributed by atoms with van der Waals surface area (Å²) >= 11 is 0. The third-order valence-electron chi connectivity index (χ3n) is 2.06. The van der Waals surface area contributed by atoms with Crippen molar-refractivity contribution in [1.29, 1.82) is 0 Å². The molecule has 0 aliphatic rings. The van der Waals surface area contributed by atoms with Crippen molar-refractivity contribution in [3.05, 3.63) is 54.1 Å². The van der Waals surface area contributed by atoms with Gasteiger partial charge in [-0.2, -0.15) is 13.2 Å². The highest BCUT2D eigenvalue weighted by molar-refractivity contribution is 5.91. The molecule has 0 saturated carbocycles. The van der Waals surface area contributed by atoms with Crippen molar-refractivity contribution >= 4 is 12.0 Å².